The second-order valence-electron chi connectivity index (χ2n) is 10.1. The number of nitrogens with zero attached hydrogens (tertiary/aromatic N) is 3. The Kier molecular flexibility index (Phi) is 9.18. The molecule has 214 valence electrons. The van der Waals surface area contributed by atoms with Crippen molar-refractivity contribution in [2.75, 3.05) is 38.1 Å². The van der Waals surface area contributed by atoms with Crippen LogP contribution in [-0.2, 0) is 25.3 Å². The Labute approximate surface area is 246 Å². The number of carbonyl (C=O) groups excluding carboxylic acids is 1. The lowest BCUT2D eigenvalue weighted by atomic mass is 10.2. The molecule has 0 unspecified atom stereocenters. The van der Waals surface area contributed by atoms with E-state index >= 15 is 0 Å². The molecule has 1 aliphatic carbocycles. The molecule has 2 aromatic carbocycles. The number of anilines is 1. The molecule has 14 heteroatoms. The first kappa shape index (κ1) is 30.0. The van der Waals surface area contributed by atoms with Gasteiger partial charge in [0.05, 0.1) is 21.8 Å². The van der Waals surface area contributed by atoms with Gasteiger partial charge in [-0.3, -0.25) is 14.9 Å². The summed E-state index contributed by atoms with van der Waals surface area (Å²) in [6.45, 7) is 3.04. The summed E-state index contributed by atoms with van der Waals surface area (Å²) in [6.07, 6.45) is 3.01. The van der Waals surface area contributed by atoms with Gasteiger partial charge in [-0.25, -0.2) is 8.42 Å². The van der Waals surface area contributed by atoms with Crippen molar-refractivity contribution >= 4 is 61.1 Å². The molecule has 0 radical (unpaired) electrons. The first-order valence-electron chi connectivity index (χ1n) is 12.5. The highest BCUT2D eigenvalue weighted by atomic mass is 79.9. The lowest BCUT2D eigenvalue weighted by Gasteiger charge is -2.36. The molecule has 0 aromatic heterocycles. The van der Waals surface area contributed by atoms with Crippen molar-refractivity contribution in [2.45, 2.75) is 25.5 Å². The maximum absolute atomic E-state index is 13.3. The number of allylic oxidation sites excluding steroid dienone is 1. The summed E-state index contributed by atoms with van der Waals surface area (Å²) in [5.41, 5.74) is 0.805. The number of ether oxygens (including phenoxy) is 1. The van der Waals surface area contributed by atoms with Gasteiger partial charge in [-0.05, 0) is 58.6 Å². The van der Waals surface area contributed by atoms with Crippen LogP contribution in [0.2, 0.25) is 5.02 Å². The fourth-order valence-electron chi connectivity index (χ4n) is 4.21. The molecule has 2 aromatic rings. The molecule has 2 fully saturated rings. The summed E-state index contributed by atoms with van der Waals surface area (Å²) in [6, 6.07) is 10.9. The molecular weight excluding hydrogens is 626 g/mol. The Morgan fingerprint density at radius 1 is 1.23 bits per heavy atom. The largest absolute Gasteiger partial charge is 0.486 e. The van der Waals surface area contributed by atoms with Gasteiger partial charge in [-0.1, -0.05) is 30.7 Å². The molecule has 1 heterocycles. The third-order valence-electron chi connectivity index (χ3n) is 6.86. The van der Waals surface area contributed by atoms with E-state index in [9.17, 15) is 23.3 Å². The first-order chi connectivity index (χ1) is 18.9. The van der Waals surface area contributed by atoms with Gasteiger partial charge in [-0.2, -0.15) is 4.31 Å². The number of benzene rings is 2. The van der Waals surface area contributed by atoms with Crippen LogP contribution in [0.4, 0.5) is 11.4 Å². The van der Waals surface area contributed by atoms with Crippen molar-refractivity contribution in [3.05, 3.63) is 79.1 Å². The number of piperazine rings is 1. The Bertz CT molecular complexity index is 1460. The second-order valence-corrected chi connectivity index (χ2v) is 13.4. The zero-order valence-electron chi connectivity index (χ0n) is 21.7. The van der Waals surface area contributed by atoms with Crippen molar-refractivity contribution in [1.29, 1.82) is 5.41 Å². The first-order valence-corrected chi connectivity index (χ1v) is 15.3. The summed E-state index contributed by atoms with van der Waals surface area (Å²) < 4.78 is 33.8. The summed E-state index contributed by atoms with van der Waals surface area (Å²) >= 11 is 9.16. The van der Waals surface area contributed by atoms with Gasteiger partial charge in [0.2, 0.25) is 15.8 Å². The SMILES string of the molecule is CC1(CO/C(C(=O)Nc2cccc(Cl)c2)=C(/C=N)N2CCN(S(=O)(=O)Cc3ccc(Br)c([N+](=O)[O-])c3)CC2)CC1. The molecule has 0 bridgehead atoms. The van der Waals surface area contributed by atoms with E-state index in [4.69, 9.17) is 21.7 Å². The zero-order chi connectivity index (χ0) is 29.1. The number of hydrogen-bond donors (Lipinski definition) is 2. The number of nitro benzene ring substituents is 1. The van der Waals surface area contributed by atoms with Crippen molar-refractivity contribution < 1.29 is 22.9 Å². The van der Waals surface area contributed by atoms with Crippen LogP contribution in [-0.4, -0.2) is 67.5 Å². The molecule has 0 spiro atoms. The van der Waals surface area contributed by atoms with Crippen LogP contribution in [0.3, 0.4) is 0 Å². The number of rotatable bonds is 11. The van der Waals surface area contributed by atoms with E-state index in [2.05, 4.69) is 28.2 Å². The van der Waals surface area contributed by atoms with Crippen molar-refractivity contribution in [3.63, 3.8) is 0 Å². The average molecular weight is 655 g/mol. The zero-order valence-corrected chi connectivity index (χ0v) is 24.9. The monoisotopic (exact) mass is 653 g/mol. The Hall–Kier alpha value is -3.00. The van der Waals surface area contributed by atoms with Gasteiger partial charge in [0.15, 0.2) is 0 Å². The van der Waals surface area contributed by atoms with Crippen LogP contribution < -0.4 is 5.32 Å². The fourth-order valence-corrected chi connectivity index (χ4v) is 6.30. The van der Waals surface area contributed by atoms with E-state index in [1.807, 2.05) is 0 Å². The van der Waals surface area contributed by atoms with Gasteiger partial charge < -0.3 is 20.4 Å². The highest BCUT2D eigenvalue weighted by Crippen LogP contribution is 2.45. The lowest BCUT2D eigenvalue weighted by Crippen LogP contribution is -2.49. The smallest absolute Gasteiger partial charge is 0.293 e. The summed E-state index contributed by atoms with van der Waals surface area (Å²) in [7, 11) is -3.78. The van der Waals surface area contributed by atoms with Crippen molar-refractivity contribution in [3.8, 4) is 0 Å². The average Bonchev–Trinajstić information content (AvgIpc) is 3.64. The molecule has 11 nitrogen and oxygen atoms in total. The summed E-state index contributed by atoms with van der Waals surface area (Å²) in [5.74, 6) is -0.929. The van der Waals surface area contributed by atoms with Gasteiger partial charge in [0, 0.05) is 54.6 Å². The molecule has 0 atom stereocenters. The number of hydrogen-bond acceptors (Lipinski definition) is 8. The molecule has 1 saturated heterocycles. The van der Waals surface area contributed by atoms with E-state index < -0.39 is 20.9 Å². The van der Waals surface area contributed by atoms with Gasteiger partial charge in [0.25, 0.3) is 11.6 Å². The minimum absolute atomic E-state index is 0.0124. The number of halogens is 2. The normalized spacial score (nSPS) is 17.5. The minimum Gasteiger partial charge on any atom is -0.486 e. The minimum atomic E-state index is -3.78. The van der Waals surface area contributed by atoms with E-state index in [0.717, 1.165) is 19.1 Å². The Morgan fingerprint density at radius 2 is 1.93 bits per heavy atom. The molecule has 2 N–H and O–H groups in total. The highest BCUT2D eigenvalue weighted by molar-refractivity contribution is 9.10. The van der Waals surface area contributed by atoms with E-state index in [-0.39, 0.29) is 59.0 Å². The third-order valence-corrected chi connectivity index (χ3v) is 9.61. The lowest BCUT2D eigenvalue weighted by molar-refractivity contribution is -0.385. The second kappa shape index (κ2) is 12.2. The summed E-state index contributed by atoms with van der Waals surface area (Å²) in [5, 5.41) is 22.6. The van der Waals surface area contributed by atoms with Crippen LogP contribution in [0.25, 0.3) is 0 Å². The van der Waals surface area contributed by atoms with Crippen molar-refractivity contribution in [1.82, 2.24) is 9.21 Å². The molecule has 40 heavy (non-hydrogen) atoms. The predicted octanol–water partition coefficient (Wildman–Crippen LogP) is 4.77. The van der Waals surface area contributed by atoms with Crippen molar-refractivity contribution in [2.24, 2.45) is 5.41 Å². The van der Waals surface area contributed by atoms with Crippen LogP contribution in [0.1, 0.15) is 25.3 Å². The maximum Gasteiger partial charge on any atom is 0.293 e. The Balaban J connectivity index is 1.50. The summed E-state index contributed by atoms with van der Waals surface area (Å²) in [4.78, 5) is 25.7. The van der Waals surface area contributed by atoms with Crippen LogP contribution in [0.5, 0.6) is 0 Å². The van der Waals surface area contributed by atoms with Gasteiger partial charge >= 0.3 is 0 Å². The van der Waals surface area contributed by atoms with E-state index in [1.54, 1.807) is 29.2 Å². The Morgan fingerprint density at radius 3 is 2.52 bits per heavy atom. The standard InChI is InChI=1S/C26H29BrClN5O6S/c1-26(7-8-26)17-39-24(25(34)30-20-4-2-3-19(28)14-20)23(15-29)31-9-11-32(12-10-31)40(37,38)16-18-5-6-21(27)22(13-18)33(35)36/h2-6,13-15,29H,7-12,16-17H2,1H3,(H,30,34)/b24-23-,29-15?. The molecule has 2 aliphatic rings. The van der Waals surface area contributed by atoms with Crippen LogP contribution in [0, 0.1) is 20.9 Å². The third kappa shape index (κ3) is 7.39. The van der Waals surface area contributed by atoms with E-state index in [0.29, 0.717) is 22.9 Å². The number of nitrogens with one attached hydrogen (secondary N) is 2. The number of nitro groups is 1. The molecular formula is C26H29BrClN5O6S. The van der Waals surface area contributed by atoms with Gasteiger partial charge in [-0.15, -0.1) is 0 Å². The molecule has 1 amide bonds. The predicted molar refractivity (Wildman–Crippen MR) is 156 cm³/mol. The van der Waals surface area contributed by atoms with Crippen LogP contribution >= 0.6 is 27.5 Å². The number of sulfonamides is 1. The maximum atomic E-state index is 13.3. The molecule has 1 saturated carbocycles. The molecule has 1 aliphatic heterocycles. The van der Waals surface area contributed by atoms with E-state index in [1.165, 1.54) is 22.5 Å². The van der Waals surface area contributed by atoms with Gasteiger partial charge in [0.1, 0.15) is 5.70 Å². The topological polar surface area (TPSA) is 146 Å². The molecule has 4 rings (SSSR count). The fraction of sp³-hybridized carbons (Fsp3) is 0.385. The quantitative estimate of drug-likeness (QED) is 0.117. The number of carbonyl (C=O) groups is 1. The highest BCUT2D eigenvalue weighted by Gasteiger charge is 2.39. The number of amides is 1. The van der Waals surface area contributed by atoms with Crippen LogP contribution in [0.15, 0.2) is 58.4 Å².